The van der Waals surface area contributed by atoms with Gasteiger partial charge in [0.25, 0.3) is 0 Å². The third kappa shape index (κ3) is 2.59. The minimum absolute atomic E-state index is 0.385. The molecule has 0 aromatic carbocycles. The highest BCUT2D eigenvalue weighted by Gasteiger charge is 2.25. The molecule has 3 heterocycles. The summed E-state index contributed by atoms with van der Waals surface area (Å²) in [5, 5.41) is 2.40. The molecule has 1 saturated heterocycles. The Labute approximate surface area is 127 Å². The number of aromatic nitrogens is 2. The van der Waals surface area contributed by atoms with Crippen molar-refractivity contribution in [2.45, 2.75) is 37.7 Å². The molecule has 0 spiro atoms. The van der Waals surface area contributed by atoms with Crippen molar-refractivity contribution in [2.24, 2.45) is 0 Å². The van der Waals surface area contributed by atoms with E-state index in [0.717, 1.165) is 35.5 Å². The Morgan fingerprint density at radius 1 is 1.30 bits per heavy atom. The van der Waals surface area contributed by atoms with Gasteiger partial charge in [-0.2, -0.15) is 16.7 Å². The molecule has 1 aliphatic heterocycles. The summed E-state index contributed by atoms with van der Waals surface area (Å²) in [6.07, 6.45) is 1.03. The molecule has 2 unspecified atom stereocenters. The van der Waals surface area contributed by atoms with Crippen molar-refractivity contribution >= 4 is 45.1 Å². The van der Waals surface area contributed by atoms with Crippen molar-refractivity contribution in [3.8, 4) is 0 Å². The molecule has 2 aromatic heterocycles. The molecule has 1 aliphatic rings. The third-order valence-corrected chi connectivity index (χ3v) is 5.91. The molecule has 0 radical (unpaired) electrons. The van der Waals surface area contributed by atoms with Gasteiger partial charge in [0.1, 0.15) is 10.6 Å². The predicted octanol–water partition coefficient (Wildman–Crippen LogP) is 3.17. The van der Waals surface area contributed by atoms with Crippen LogP contribution in [0.15, 0.2) is 6.07 Å². The SMILES string of the molecule is CCc1cc2c(N3CC(C)SC(C)C3)nc(N)nc2s1. The normalized spacial score (nSPS) is 23.4. The fraction of sp³-hybridized carbons (Fsp3) is 0.571. The number of anilines is 2. The van der Waals surface area contributed by atoms with Crippen LogP contribution in [-0.2, 0) is 6.42 Å². The monoisotopic (exact) mass is 308 g/mol. The van der Waals surface area contributed by atoms with Gasteiger partial charge in [-0.05, 0) is 12.5 Å². The average molecular weight is 308 g/mol. The van der Waals surface area contributed by atoms with E-state index in [2.05, 4.69) is 41.7 Å². The molecule has 0 amide bonds. The summed E-state index contributed by atoms with van der Waals surface area (Å²) in [4.78, 5) is 13.7. The van der Waals surface area contributed by atoms with Crippen molar-refractivity contribution in [3.05, 3.63) is 10.9 Å². The van der Waals surface area contributed by atoms with Crippen molar-refractivity contribution in [1.82, 2.24) is 9.97 Å². The van der Waals surface area contributed by atoms with Gasteiger partial charge in [0.05, 0.1) is 5.39 Å². The third-order valence-electron chi connectivity index (χ3n) is 3.51. The van der Waals surface area contributed by atoms with E-state index in [-0.39, 0.29) is 0 Å². The first-order valence-electron chi connectivity index (χ1n) is 7.03. The largest absolute Gasteiger partial charge is 0.368 e. The number of thioether (sulfide) groups is 1. The zero-order valence-corrected chi connectivity index (χ0v) is 13.7. The van der Waals surface area contributed by atoms with E-state index in [0.29, 0.717) is 16.4 Å². The molecule has 0 saturated carbocycles. The lowest BCUT2D eigenvalue weighted by Crippen LogP contribution is -2.41. The number of rotatable bonds is 2. The van der Waals surface area contributed by atoms with Crippen LogP contribution >= 0.6 is 23.1 Å². The fourth-order valence-corrected chi connectivity index (χ4v) is 5.03. The quantitative estimate of drug-likeness (QED) is 0.923. The van der Waals surface area contributed by atoms with E-state index in [1.54, 1.807) is 11.3 Å². The molecule has 6 heteroatoms. The number of nitrogen functional groups attached to an aromatic ring is 1. The Kier molecular flexibility index (Phi) is 3.77. The Morgan fingerprint density at radius 3 is 2.65 bits per heavy atom. The molecule has 20 heavy (non-hydrogen) atoms. The Bertz CT molecular complexity index is 615. The van der Waals surface area contributed by atoms with Crippen LogP contribution in [0.2, 0.25) is 0 Å². The number of aryl methyl sites for hydroxylation is 1. The van der Waals surface area contributed by atoms with Gasteiger partial charge in [-0.3, -0.25) is 0 Å². The summed E-state index contributed by atoms with van der Waals surface area (Å²) >= 11 is 3.77. The molecule has 0 aliphatic carbocycles. The van der Waals surface area contributed by atoms with Crippen molar-refractivity contribution in [2.75, 3.05) is 23.7 Å². The van der Waals surface area contributed by atoms with Gasteiger partial charge in [-0.25, -0.2) is 4.98 Å². The van der Waals surface area contributed by atoms with Gasteiger partial charge in [0, 0.05) is 28.5 Å². The van der Waals surface area contributed by atoms with E-state index in [4.69, 9.17) is 5.73 Å². The second-order valence-electron chi connectivity index (χ2n) is 5.35. The van der Waals surface area contributed by atoms with Crippen molar-refractivity contribution in [3.63, 3.8) is 0 Å². The molecule has 1 fully saturated rings. The number of fused-ring (bicyclic) bond motifs is 1. The lowest BCUT2D eigenvalue weighted by molar-refractivity contribution is 0.721. The molecule has 2 N–H and O–H groups in total. The maximum absolute atomic E-state index is 5.90. The molecular weight excluding hydrogens is 288 g/mol. The average Bonchev–Trinajstić information content (AvgIpc) is 2.79. The number of hydrogen-bond acceptors (Lipinski definition) is 6. The van der Waals surface area contributed by atoms with Crippen LogP contribution in [0.25, 0.3) is 10.2 Å². The topological polar surface area (TPSA) is 55.0 Å². The summed E-state index contributed by atoms with van der Waals surface area (Å²) in [6.45, 7) is 8.78. The van der Waals surface area contributed by atoms with Gasteiger partial charge in [-0.1, -0.05) is 20.8 Å². The first-order chi connectivity index (χ1) is 9.56. The van der Waals surface area contributed by atoms with Crippen LogP contribution in [0.1, 0.15) is 25.6 Å². The maximum Gasteiger partial charge on any atom is 0.223 e. The fourth-order valence-electron chi connectivity index (χ4n) is 2.74. The van der Waals surface area contributed by atoms with Crippen LogP contribution in [0.5, 0.6) is 0 Å². The Hall–Kier alpha value is -1.01. The minimum Gasteiger partial charge on any atom is -0.368 e. The highest BCUT2D eigenvalue weighted by atomic mass is 32.2. The number of nitrogens with two attached hydrogens (primary N) is 1. The zero-order chi connectivity index (χ0) is 14.3. The summed E-state index contributed by atoms with van der Waals surface area (Å²) in [6, 6.07) is 2.23. The van der Waals surface area contributed by atoms with Gasteiger partial charge in [-0.15, -0.1) is 11.3 Å². The lowest BCUT2D eigenvalue weighted by Gasteiger charge is -2.35. The summed E-state index contributed by atoms with van der Waals surface area (Å²) in [5.74, 6) is 1.40. The number of hydrogen-bond donors (Lipinski definition) is 1. The lowest BCUT2D eigenvalue weighted by atomic mass is 10.2. The molecule has 3 rings (SSSR count). The molecular formula is C14H20N4S2. The van der Waals surface area contributed by atoms with Crippen molar-refractivity contribution in [1.29, 1.82) is 0 Å². The van der Waals surface area contributed by atoms with E-state index in [1.165, 1.54) is 4.88 Å². The van der Waals surface area contributed by atoms with Gasteiger partial charge >= 0.3 is 0 Å². The zero-order valence-electron chi connectivity index (χ0n) is 12.1. The van der Waals surface area contributed by atoms with Crippen LogP contribution in [0.3, 0.4) is 0 Å². The first kappa shape index (κ1) is 13.9. The van der Waals surface area contributed by atoms with Gasteiger partial charge in [0.15, 0.2) is 0 Å². The molecule has 108 valence electrons. The van der Waals surface area contributed by atoms with E-state index in [1.807, 2.05) is 11.8 Å². The number of nitrogens with zero attached hydrogens (tertiary/aromatic N) is 3. The second-order valence-corrected chi connectivity index (χ2v) is 8.35. The highest BCUT2D eigenvalue weighted by Crippen LogP contribution is 2.35. The summed E-state index contributed by atoms with van der Waals surface area (Å²) < 4.78 is 0. The van der Waals surface area contributed by atoms with Gasteiger partial charge < -0.3 is 10.6 Å². The Morgan fingerprint density at radius 2 is 2.00 bits per heavy atom. The summed E-state index contributed by atoms with van der Waals surface area (Å²) in [5.41, 5.74) is 5.90. The van der Waals surface area contributed by atoms with E-state index >= 15 is 0 Å². The molecule has 0 bridgehead atoms. The predicted molar refractivity (Wildman–Crippen MR) is 89.9 cm³/mol. The van der Waals surface area contributed by atoms with Crippen molar-refractivity contribution < 1.29 is 0 Å². The van der Waals surface area contributed by atoms with E-state index in [9.17, 15) is 0 Å². The van der Waals surface area contributed by atoms with Crippen LogP contribution in [0.4, 0.5) is 11.8 Å². The van der Waals surface area contributed by atoms with Crippen LogP contribution in [-0.4, -0.2) is 33.6 Å². The van der Waals surface area contributed by atoms with E-state index < -0.39 is 0 Å². The summed E-state index contributed by atoms with van der Waals surface area (Å²) in [7, 11) is 0. The van der Waals surface area contributed by atoms with Gasteiger partial charge in [0.2, 0.25) is 5.95 Å². The molecule has 2 atom stereocenters. The molecule has 4 nitrogen and oxygen atoms in total. The highest BCUT2D eigenvalue weighted by molar-refractivity contribution is 8.00. The second kappa shape index (κ2) is 5.41. The standard InChI is InChI=1S/C14H20N4S2/c1-4-10-5-11-12(16-14(15)17-13(11)20-10)18-6-8(2)19-9(3)7-18/h5,8-9H,4,6-7H2,1-3H3,(H2,15,16,17). The maximum atomic E-state index is 5.90. The Balaban J connectivity index is 2.07. The minimum atomic E-state index is 0.385. The van der Waals surface area contributed by atoms with Crippen LogP contribution < -0.4 is 10.6 Å². The number of thiophene rings is 1. The smallest absolute Gasteiger partial charge is 0.223 e. The first-order valence-corrected chi connectivity index (χ1v) is 8.79. The van der Waals surface area contributed by atoms with Crippen LogP contribution in [0, 0.1) is 0 Å². The molecule has 2 aromatic rings.